The van der Waals surface area contributed by atoms with Gasteiger partial charge in [0.25, 0.3) is 5.82 Å². The van der Waals surface area contributed by atoms with Crippen LogP contribution in [0.1, 0.15) is 31.2 Å². The fourth-order valence-electron chi connectivity index (χ4n) is 4.01. The first-order valence-corrected chi connectivity index (χ1v) is 10.2. The molecule has 0 bridgehead atoms. The van der Waals surface area contributed by atoms with Gasteiger partial charge < -0.3 is 9.80 Å². The first kappa shape index (κ1) is 21.1. The summed E-state index contributed by atoms with van der Waals surface area (Å²) >= 11 is 0. The van der Waals surface area contributed by atoms with Crippen LogP contribution in [0.15, 0.2) is 36.4 Å². The van der Waals surface area contributed by atoms with E-state index in [-0.39, 0.29) is 17.5 Å². The molecule has 0 N–H and O–H groups in total. The summed E-state index contributed by atoms with van der Waals surface area (Å²) in [5, 5.41) is 10.9. The van der Waals surface area contributed by atoms with Gasteiger partial charge in [-0.15, -0.1) is 15.3 Å². The number of carbonyl (C=O) groups is 1. The number of hydrogen-bond acceptors (Lipinski definition) is 5. The molecule has 0 aliphatic carbocycles. The summed E-state index contributed by atoms with van der Waals surface area (Å²) in [6, 6.07) is 10.9. The Labute approximate surface area is 177 Å². The van der Waals surface area contributed by atoms with Crippen LogP contribution < -0.4 is 9.80 Å². The van der Waals surface area contributed by atoms with E-state index in [9.17, 15) is 18.0 Å². The molecular weight excluding hydrogens is 409 g/mol. The summed E-state index contributed by atoms with van der Waals surface area (Å²) in [7, 11) is 0. The zero-order chi connectivity index (χ0) is 22.2. The van der Waals surface area contributed by atoms with Gasteiger partial charge in [0.2, 0.25) is 5.91 Å². The second-order valence-electron chi connectivity index (χ2n) is 7.61. The molecular formula is C21H23F3N6O. The SMILES string of the molecule is CCN(C(=O)C1CCN(c2ccc3nnc(C(F)(F)F)n3n2)CC1)c1ccccc1C. The maximum atomic E-state index is 13.2. The number of rotatable bonds is 4. The molecule has 0 radical (unpaired) electrons. The zero-order valence-corrected chi connectivity index (χ0v) is 17.3. The third kappa shape index (κ3) is 4.06. The van der Waals surface area contributed by atoms with Crippen molar-refractivity contribution in [2.45, 2.75) is 32.9 Å². The van der Waals surface area contributed by atoms with E-state index >= 15 is 0 Å². The van der Waals surface area contributed by atoms with Crippen LogP contribution in [0.3, 0.4) is 0 Å². The number of aromatic nitrogens is 4. The predicted molar refractivity (Wildman–Crippen MR) is 110 cm³/mol. The fourth-order valence-corrected chi connectivity index (χ4v) is 4.01. The van der Waals surface area contributed by atoms with E-state index in [1.54, 1.807) is 6.07 Å². The van der Waals surface area contributed by atoms with Gasteiger partial charge in [-0.1, -0.05) is 18.2 Å². The number of para-hydroxylation sites is 1. The Morgan fingerprint density at radius 3 is 2.48 bits per heavy atom. The van der Waals surface area contributed by atoms with Crippen molar-refractivity contribution in [3.63, 3.8) is 0 Å². The number of hydrogen-bond donors (Lipinski definition) is 0. The number of fused-ring (bicyclic) bond motifs is 1. The van der Waals surface area contributed by atoms with Crippen molar-refractivity contribution in [2.24, 2.45) is 5.92 Å². The van der Waals surface area contributed by atoms with E-state index < -0.39 is 12.0 Å². The summed E-state index contributed by atoms with van der Waals surface area (Å²) in [6.07, 6.45) is -3.42. The fraction of sp³-hybridized carbons (Fsp3) is 0.429. The Morgan fingerprint density at radius 1 is 1.13 bits per heavy atom. The van der Waals surface area contributed by atoms with Crippen LogP contribution in [0.5, 0.6) is 0 Å². The first-order valence-electron chi connectivity index (χ1n) is 10.2. The van der Waals surface area contributed by atoms with Crippen LogP contribution in [-0.4, -0.2) is 45.4 Å². The van der Waals surface area contributed by atoms with Crippen LogP contribution in [0, 0.1) is 12.8 Å². The van der Waals surface area contributed by atoms with Gasteiger partial charge in [0.05, 0.1) is 0 Å². The molecule has 4 rings (SSSR count). The molecule has 2 aromatic heterocycles. The Bertz CT molecular complexity index is 1090. The number of carbonyl (C=O) groups excluding carboxylic acids is 1. The minimum Gasteiger partial charge on any atom is -0.355 e. The molecule has 1 aliphatic rings. The maximum Gasteiger partial charge on any atom is 0.453 e. The Kier molecular flexibility index (Phi) is 5.55. The summed E-state index contributed by atoms with van der Waals surface area (Å²) in [5.41, 5.74) is 2.00. The van der Waals surface area contributed by atoms with Crippen LogP contribution in [0.25, 0.3) is 5.65 Å². The first-order chi connectivity index (χ1) is 14.8. The number of nitrogens with zero attached hydrogens (tertiary/aromatic N) is 6. The smallest absolute Gasteiger partial charge is 0.355 e. The predicted octanol–water partition coefficient (Wildman–Crippen LogP) is 3.72. The van der Waals surface area contributed by atoms with Gasteiger partial charge >= 0.3 is 6.18 Å². The molecule has 0 saturated carbocycles. The van der Waals surface area contributed by atoms with E-state index in [0.29, 0.717) is 38.3 Å². The molecule has 7 nitrogen and oxygen atoms in total. The lowest BCUT2D eigenvalue weighted by atomic mass is 9.94. The van der Waals surface area contributed by atoms with E-state index in [2.05, 4.69) is 15.3 Å². The lowest BCUT2D eigenvalue weighted by molar-refractivity contribution is -0.146. The number of anilines is 2. The van der Waals surface area contributed by atoms with Gasteiger partial charge in [-0.3, -0.25) is 4.79 Å². The van der Waals surface area contributed by atoms with Crippen molar-refractivity contribution in [3.8, 4) is 0 Å². The van der Waals surface area contributed by atoms with Gasteiger partial charge in [0.1, 0.15) is 5.82 Å². The zero-order valence-electron chi connectivity index (χ0n) is 17.3. The topological polar surface area (TPSA) is 66.6 Å². The quantitative estimate of drug-likeness (QED) is 0.629. The number of benzene rings is 1. The highest BCUT2D eigenvalue weighted by Crippen LogP contribution is 2.30. The summed E-state index contributed by atoms with van der Waals surface area (Å²) in [4.78, 5) is 16.9. The molecule has 3 heterocycles. The molecule has 1 aliphatic heterocycles. The lowest BCUT2D eigenvalue weighted by Crippen LogP contribution is -2.43. The van der Waals surface area contributed by atoms with Crippen molar-refractivity contribution in [1.29, 1.82) is 0 Å². The normalized spacial score (nSPS) is 15.5. The minimum absolute atomic E-state index is 0.0398. The van der Waals surface area contributed by atoms with Gasteiger partial charge in [0.15, 0.2) is 5.65 Å². The Balaban J connectivity index is 1.48. The van der Waals surface area contributed by atoms with Crippen LogP contribution >= 0.6 is 0 Å². The maximum absolute atomic E-state index is 13.2. The van der Waals surface area contributed by atoms with E-state index in [1.807, 2.05) is 47.9 Å². The second-order valence-corrected chi connectivity index (χ2v) is 7.61. The number of aryl methyl sites for hydroxylation is 1. The van der Waals surface area contributed by atoms with Crippen molar-refractivity contribution in [1.82, 2.24) is 19.8 Å². The molecule has 1 saturated heterocycles. The summed E-state index contributed by atoms with van der Waals surface area (Å²) < 4.78 is 40.1. The molecule has 0 unspecified atom stereocenters. The molecule has 1 fully saturated rings. The number of amides is 1. The highest BCUT2D eigenvalue weighted by atomic mass is 19.4. The van der Waals surface area contributed by atoms with E-state index in [4.69, 9.17) is 0 Å². The molecule has 0 spiro atoms. The Morgan fingerprint density at radius 2 is 1.84 bits per heavy atom. The van der Waals surface area contributed by atoms with Gasteiger partial charge in [-0.05, 0) is 50.5 Å². The molecule has 0 atom stereocenters. The molecule has 3 aromatic rings. The number of halogens is 3. The molecule has 10 heteroatoms. The highest BCUT2D eigenvalue weighted by molar-refractivity contribution is 5.95. The van der Waals surface area contributed by atoms with Crippen molar-refractivity contribution in [2.75, 3.05) is 29.4 Å². The molecule has 164 valence electrons. The van der Waals surface area contributed by atoms with Crippen LogP contribution in [0.4, 0.5) is 24.7 Å². The summed E-state index contributed by atoms with van der Waals surface area (Å²) in [5.74, 6) is -0.792. The molecule has 1 aromatic carbocycles. The third-order valence-corrected chi connectivity index (χ3v) is 5.66. The molecule has 31 heavy (non-hydrogen) atoms. The van der Waals surface area contributed by atoms with Crippen molar-refractivity contribution >= 4 is 23.1 Å². The standard InChI is InChI=1S/C21H23F3N6O/c1-3-29(16-7-5-4-6-14(16)2)19(31)15-10-12-28(13-11-15)18-9-8-17-25-26-20(21(22,23)24)30(17)27-18/h4-9,15H,3,10-13H2,1-2H3. The summed E-state index contributed by atoms with van der Waals surface area (Å²) in [6.45, 7) is 5.58. The highest BCUT2D eigenvalue weighted by Gasteiger charge is 2.38. The molecule has 1 amide bonds. The minimum atomic E-state index is -4.64. The van der Waals surface area contributed by atoms with Crippen molar-refractivity contribution < 1.29 is 18.0 Å². The van der Waals surface area contributed by atoms with E-state index in [1.165, 1.54) is 6.07 Å². The van der Waals surface area contributed by atoms with E-state index in [0.717, 1.165) is 15.8 Å². The third-order valence-electron chi connectivity index (χ3n) is 5.66. The van der Waals surface area contributed by atoms with Crippen LogP contribution in [-0.2, 0) is 11.0 Å². The lowest BCUT2D eigenvalue weighted by Gasteiger charge is -2.34. The number of alkyl halides is 3. The monoisotopic (exact) mass is 432 g/mol. The van der Waals surface area contributed by atoms with Gasteiger partial charge in [-0.2, -0.15) is 17.7 Å². The van der Waals surface area contributed by atoms with Crippen LogP contribution in [0.2, 0.25) is 0 Å². The van der Waals surface area contributed by atoms with Crippen molar-refractivity contribution in [3.05, 3.63) is 47.8 Å². The van der Waals surface area contributed by atoms with Gasteiger partial charge in [0, 0.05) is 31.2 Å². The average molecular weight is 432 g/mol. The average Bonchev–Trinajstić information content (AvgIpc) is 3.19. The second kappa shape index (κ2) is 8.16. The Hall–Kier alpha value is -3.17. The van der Waals surface area contributed by atoms with Gasteiger partial charge in [-0.25, -0.2) is 0 Å². The largest absolute Gasteiger partial charge is 0.453 e. The number of piperidine rings is 1.